The average molecular weight is 258 g/mol. The standard InChI is InChI=1S/C16H18OS/c1-11-7-5-9-15(13(11)3)18(17)16-10-6-8-12(2)14(16)4/h5-10H,1-4H3. The van der Waals surface area contributed by atoms with E-state index < -0.39 is 10.8 Å². The molecule has 0 radical (unpaired) electrons. The summed E-state index contributed by atoms with van der Waals surface area (Å²) >= 11 is 0. The number of benzene rings is 2. The number of rotatable bonds is 2. The third-order valence-electron chi connectivity index (χ3n) is 3.51. The normalized spacial score (nSPS) is 10.9. The van der Waals surface area contributed by atoms with Gasteiger partial charge in [-0.3, -0.25) is 0 Å². The molecule has 94 valence electrons. The van der Waals surface area contributed by atoms with Crippen molar-refractivity contribution in [2.24, 2.45) is 0 Å². The molecule has 0 N–H and O–H groups in total. The molecule has 2 rings (SSSR count). The minimum absolute atomic E-state index is 0.920. The van der Waals surface area contributed by atoms with E-state index in [9.17, 15) is 4.21 Å². The maximum atomic E-state index is 12.7. The minimum Gasteiger partial charge on any atom is -0.249 e. The van der Waals surface area contributed by atoms with Crippen LogP contribution in [0.25, 0.3) is 0 Å². The van der Waals surface area contributed by atoms with Crippen molar-refractivity contribution < 1.29 is 4.21 Å². The maximum absolute atomic E-state index is 12.7. The van der Waals surface area contributed by atoms with Gasteiger partial charge >= 0.3 is 0 Å². The summed E-state index contributed by atoms with van der Waals surface area (Å²) < 4.78 is 12.7. The fraction of sp³-hybridized carbons (Fsp3) is 0.250. The number of hydrogen-bond acceptors (Lipinski definition) is 1. The predicted molar refractivity (Wildman–Crippen MR) is 76.5 cm³/mol. The molecule has 0 fully saturated rings. The Bertz CT molecular complexity index is 561. The van der Waals surface area contributed by atoms with E-state index in [1.54, 1.807) is 0 Å². The monoisotopic (exact) mass is 258 g/mol. The van der Waals surface area contributed by atoms with E-state index in [0.29, 0.717) is 0 Å². The predicted octanol–water partition coefficient (Wildman–Crippen LogP) is 4.09. The van der Waals surface area contributed by atoms with Crippen molar-refractivity contribution in [1.82, 2.24) is 0 Å². The highest BCUT2D eigenvalue weighted by molar-refractivity contribution is 7.85. The molecule has 0 bridgehead atoms. The van der Waals surface area contributed by atoms with Crippen LogP contribution in [-0.2, 0) is 10.8 Å². The first-order chi connectivity index (χ1) is 8.52. The van der Waals surface area contributed by atoms with Crippen LogP contribution in [0, 0.1) is 27.7 Å². The van der Waals surface area contributed by atoms with Crippen LogP contribution < -0.4 is 0 Å². The number of aryl methyl sites for hydroxylation is 2. The van der Waals surface area contributed by atoms with Crippen LogP contribution >= 0.6 is 0 Å². The summed E-state index contributed by atoms with van der Waals surface area (Å²) in [5, 5.41) is 0. The lowest BCUT2D eigenvalue weighted by Gasteiger charge is -2.11. The van der Waals surface area contributed by atoms with Gasteiger partial charge in [0, 0.05) is 9.79 Å². The molecule has 1 nitrogen and oxygen atoms in total. The van der Waals surface area contributed by atoms with Gasteiger partial charge in [0.1, 0.15) is 0 Å². The Morgan fingerprint density at radius 2 is 1.11 bits per heavy atom. The van der Waals surface area contributed by atoms with Gasteiger partial charge in [0.05, 0.1) is 10.8 Å². The van der Waals surface area contributed by atoms with Gasteiger partial charge < -0.3 is 0 Å². The topological polar surface area (TPSA) is 17.1 Å². The van der Waals surface area contributed by atoms with Crippen molar-refractivity contribution in [3.63, 3.8) is 0 Å². The van der Waals surface area contributed by atoms with Crippen LogP contribution in [-0.4, -0.2) is 4.21 Å². The zero-order chi connectivity index (χ0) is 13.3. The van der Waals surface area contributed by atoms with Gasteiger partial charge in [-0.1, -0.05) is 24.3 Å². The molecule has 0 aromatic heterocycles. The van der Waals surface area contributed by atoms with Crippen LogP contribution in [0.4, 0.5) is 0 Å². The molecule has 2 heteroatoms. The fourth-order valence-corrected chi connectivity index (χ4v) is 3.49. The third-order valence-corrected chi connectivity index (χ3v) is 5.19. The van der Waals surface area contributed by atoms with Gasteiger partial charge in [0.25, 0.3) is 0 Å². The molecule has 0 heterocycles. The third kappa shape index (κ3) is 2.25. The van der Waals surface area contributed by atoms with Gasteiger partial charge in [0.2, 0.25) is 0 Å². The van der Waals surface area contributed by atoms with Crippen molar-refractivity contribution in [1.29, 1.82) is 0 Å². The fourth-order valence-electron chi connectivity index (χ4n) is 1.97. The zero-order valence-corrected chi connectivity index (χ0v) is 12.1. The highest BCUT2D eigenvalue weighted by Crippen LogP contribution is 2.25. The molecule has 0 unspecified atom stereocenters. The smallest absolute Gasteiger partial charge is 0.0855 e. The summed E-state index contributed by atoms with van der Waals surface area (Å²) in [6.07, 6.45) is 0. The summed E-state index contributed by atoms with van der Waals surface area (Å²) in [5.74, 6) is 0. The molecule has 0 aliphatic rings. The first-order valence-corrected chi connectivity index (χ1v) is 7.21. The Morgan fingerprint density at radius 1 is 0.722 bits per heavy atom. The quantitative estimate of drug-likeness (QED) is 0.793. The Balaban J connectivity index is 2.55. The maximum Gasteiger partial charge on any atom is 0.0855 e. The van der Waals surface area contributed by atoms with E-state index in [0.717, 1.165) is 20.9 Å². The Morgan fingerprint density at radius 3 is 1.50 bits per heavy atom. The van der Waals surface area contributed by atoms with Crippen LogP contribution in [0.2, 0.25) is 0 Å². The molecule has 0 aliphatic carbocycles. The zero-order valence-electron chi connectivity index (χ0n) is 11.3. The summed E-state index contributed by atoms with van der Waals surface area (Å²) in [6.45, 7) is 8.18. The highest BCUT2D eigenvalue weighted by Gasteiger charge is 2.13. The van der Waals surface area contributed by atoms with Gasteiger partial charge in [-0.05, 0) is 62.1 Å². The van der Waals surface area contributed by atoms with Crippen LogP contribution in [0.15, 0.2) is 46.2 Å². The molecule has 0 saturated heterocycles. The van der Waals surface area contributed by atoms with Gasteiger partial charge in [-0.2, -0.15) is 0 Å². The Kier molecular flexibility index (Phi) is 3.67. The van der Waals surface area contributed by atoms with Crippen molar-refractivity contribution >= 4 is 10.8 Å². The second-order valence-electron chi connectivity index (χ2n) is 4.66. The molecule has 0 amide bonds. The van der Waals surface area contributed by atoms with Crippen molar-refractivity contribution in [2.45, 2.75) is 37.5 Å². The summed E-state index contributed by atoms with van der Waals surface area (Å²) in [4.78, 5) is 1.84. The van der Waals surface area contributed by atoms with E-state index >= 15 is 0 Å². The van der Waals surface area contributed by atoms with Crippen LogP contribution in [0.1, 0.15) is 22.3 Å². The lowest BCUT2D eigenvalue weighted by atomic mass is 10.1. The van der Waals surface area contributed by atoms with Gasteiger partial charge in [0.15, 0.2) is 0 Å². The SMILES string of the molecule is Cc1cccc(S(=O)c2cccc(C)c2C)c1C. The largest absolute Gasteiger partial charge is 0.249 e. The van der Waals surface area contributed by atoms with E-state index in [-0.39, 0.29) is 0 Å². The van der Waals surface area contributed by atoms with E-state index in [2.05, 4.69) is 26.0 Å². The molecule has 2 aromatic rings. The first kappa shape index (κ1) is 13.0. The molecule has 18 heavy (non-hydrogen) atoms. The summed E-state index contributed by atoms with van der Waals surface area (Å²) in [7, 11) is -1.09. The molecule has 2 aromatic carbocycles. The number of hydrogen-bond donors (Lipinski definition) is 0. The Hall–Kier alpha value is -1.41. The van der Waals surface area contributed by atoms with Gasteiger partial charge in [-0.15, -0.1) is 0 Å². The molecule has 0 atom stereocenters. The van der Waals surface area contributed by atoms with Gasteiger partial charge in [-0.25, -0.2) is 4.21 Å². The highest BCUT2D eigenvalue weighted by atomic mass is 32.2. The second kappa shape index (κ2) is 5.07. The molecule has 0 aliphatic heterocycles. The molecular formula is C16H18OS. The Labute approximate surface area is 111 Å². The van der Waals surface area contributed by atoms with Crippen molar-refractivity contribution in [3.05, 3.63) is 58.7 Å². The van der Waals surface area contributed by atoms with Crippen LogP contribution in [0.3, 0.4) is 0 Å². The lowest BCUT2D eigenvalue weighted by molar-refractivity contribution is 0.682. The van der Waals surface area contributed by atoms with Crippen LogP contribution in [0.5, 0.6) is 0 Å². The summed E-state index contributed by atoms with van der Waals surface area (Å²) in [6, 6.07) is 12.0. The minimum atomic E-state index is -1.09. The molecular weight excluding hydrogens is 240 g/mol. The van der Waals surface area contributed by atoms with E-state index in [1.807, 2.05) is 38.1 Å². The molecule has 0 saturated carbocycles. The van der Waals surface area contributed by atoms with E-state index in [1.165, 1.54) is 11.1 Å². The first-order valence-electron chi connectivity index (χ1n) is 6.06. The van der Waals surface area contributed by atoms with Crippen molar-refractivity contribution in [2.75, 3.05) is 0 Å². The lowest BCUT2D eigenvalue weighted by Crippen LogP contribution is -2.00. The average Bonchev–Trinajstić information content (AvgIpc) is 2.35. The molecule has 0 spiro atoms. The summed E-state index contributed by atoms with van der Waals surface area (Å²) in [5.41, 5.74) is 4.62. The second-order valence-corrected chi connectivity index (χ2v) is 6.08. The van der Waals surface area contributed by atoms with E-state index in [4.69, 9.17) is 0 Å². The van der Waals surface area contributed by atoms with Crippen molar-refractivity contribution in [3.8, 4) is 0 Å².